The molecule has 1 aromatic heterocycles. The monoisotopic (exact) mass is 277 g/mol. The maximum atomic E-state index is 11.6. The first-order chi connectivity index (χ1) is 7.96. The fourth-order valence-corrected chi connectivity index (χ4v) is 3.80. The van der Waals surface area contributed by atoms with E-state index in [1.807, 2.05) is 0 Å². The van der Waals surface area contributed by atoms with Crippen LogP contribution in [0.4, 0.5) is 0 Å². The van der Waals surface area contributed by atoms with Crippen molar-refractivity contribution < 1.29 is 17.6 Å². The van der Waals surface area contributed by atoms with Gasteiger partial charge in [0.1, 0.15) is 0 Å². The Balaban J connectivity index is 1.85. The van der Waals surface area contributed by atoms with Gasteiger partial charge in [0.15, 0.2) is 20.8 Å². The van der Waals surface area contributed by atoms with E-state index in [0.717, 1.165) is 0 Å². The van der Waals surface area contributed by atoms with Gasteiger partial charge in [0.2, 0.25) is 0 Å². The lowest BCUT2D eigenvalue weighted by atomic mass is 10.1. The molecule has 2 rings (SSSR count). The van der Waals surface area contributed by atoms with Crippen molar-refractivity contribution in [1.29, 1.82) is 0 Å². The van der Waals surface area contributed by atoms with Crippen molar-refractivity contribution in [2.75, 3.05) is 18.1 Å². The Hall–Kier alpha value is -1.01. The quantitative estimate of drug-likeness (QED) is 0.897. The highest BCUT2D eigenvalue weighted by Crippen LogP contribution is 2.18. The molecule has 1 saturated heterocycles. The number of halogens is 1. The van der Waals surface area contributed by atoms with Gasteiger partial charge in [-0.3, -0.25) is 4.79 Å². The summed E-state index contributed by atoms with van der Waals surface area (Å²) in [6, 6.07) is 2.96. The average Bonchev–Trinajstić information content (AvgIpc) is 2.81. The van der Waals surface area contributed by atoms with Crippen LogP contribution >= 0.6 is 11.6 Å². The van der Waals surface area contributed by atoms with Crippen molar-refractivity contribution in [1.82, 2.24) is 5.32 Å². The van der Waals surface area contributed by atoms with Gasteiger partial charge in [-0.25, -0.2) is 8.42 Å². The number of furan rings is 1. The van der Waals surface area contributed by atoms with Gasteiger partial charge in [-0.05, 0) is 36.1 Å². The van der Waals surface area contributed by atoms with E-state index in [-0.39, 0.29) is 34.3 Å². The van der Waals surface area contributed by atoms with Crippen molar-refractivity contribution in [3.05, 3.63) is 23.1 Å². The molecule has 1 aliphatic heterocycles. The van der Waals surface area contributed by atoms with E-state index in [4.69, 9.17) is 16.0 Å². The minimum Gasteiger partial charge on any atom is -0.440 e. The molecule has 0 spiro atoms. The zero-order chi connectivity index (χ0) is 12.5. The highest BCUT2D eigenvalue weighted by Gasteiger charge is 2.28. The molecule has 0 saturated carbocycles. The van der Waals surface area contributed by atoms with E-state index in [1.54, 1.807) is 0 Å². The Labute approximate surface area is 104 Å². The molecule has 94 valence electrons. The molecule has 17 heavy (non-hydrogen) atoms. The van der Waals surface area contributed by atoms with Gasteiger partial charge in [0.25, 0.3) is 5.91 Å². The van der Waals surface area contributed by atoms with E-state index in [0.29, 0.717) is 13.0 Å². The lowest BCUT2D eigenvalue weighted by Crippen LogP contribution is -2.29. The van der Waals surface area contributed by atoms with Crippen molar-refractivity contribution in [3.8, 4) is 0 Å². The first-order valence-electron chi connectivity index (χ1n) is 5.20. The SMILES string of the molecule is O=C(NCC1CCS(=O)(=O)C1)c1ccc(Cl)o1. The Morgan fingerprint density at radius 3 is 2.82 bits per heavy atom. The lowest BCUT2D eigenvalue weighted by molar-refractivity contribution is 0.0921. The molecule has 1 amide bonds. The number of amides is 1. The van der Waals surface area contributed by atoms with E-state index < -0.39 is 9.84 Å². The van der Waals surface area contributed by atoms with Crippen LogP contribution in [-0.2, 0) is 9.84 Å². The molecule has 1 fully saturated rings. The van der Waals surface area contributed by atoms with E-state index in [1.165, 1.54) is 12.1 Å². The summed E-state index contributed by atoms with van der Waals surface area (Å²) in [5.74, 6) is 0.109. The third-order valence-electron chi connectivity index (χ3n) is 2.68. The van der Waals surface area contributed by atoms with Crippen molar-refractivity contribution in [3.63, 3.8) is 0 Å². The number of hydrogen-bond donors (Lipinski definition) is 1. The number of sulfone groups is 1. The second-order valence-electron chi connectivity index (χ2n) is 4.08. The number of rotatable bonds is 3. The number of carbonyl (C=O) groups excluding carboxylic acids is 1. The van der Waals surface area contributed by atoms with Gasteiger partial charge in [-0.15, -0.1) is 0 Å². The van der Waals surface area contributed by atoms with Gasteiger partial charge >= 0.3 is 0 Å². The van der Waals surface area contributed by atoms with Crippen molar-refractivity contribution >= 4 is 27.3 Å². The minimum atomic E-state index is -2.90. The number of carbonyl (C=O) groups is 1. The highest BCUT2D eigenvalue weighted by molar-refractivity contribution is 7.91. The maximum absolute atomic E-state index is 11.6. The Kier molecular flexibility index (Phi) is 3.44. The third kappa shape index (κ3) is 3.23. The maximum Gasteiger partial charge on any atom is 0.287 e. The first kappa shape index (κ1) is 12.4. The zero-order valence-corrected chi connectivity index (χ0v) is 10.6. The largest absolute Gasteiger partial charge is 0.440 e. The minimum absolute atomic E-state index is 0.00520. The third-order valence-corrected chi connectivity index (χ3v) is 4.72. The van der Waals surface area contributed by atoms with E-state index in [9.17, 15) is 13.2 Å². The highest BCUT2D eigenvalue weighted by atomic mass is 35.5. The van der Waals surface area contributed by atoms with Crippen LogP contribution in [0.25, 0.3) is 0 Å². The van der Waals surface area contributed by atoms with Crippen LogP contribution in [-0.4, -0.2) is 32.4 Å². The molecule has 7 heteroatoms. The van der Waals surface area contributed by atoms with E-state index in [2.05, 4.69) is 5.32 Å². The van der Waals surface area contributed by atoms with Crippen molar-refractivity contribution in [2.24, 2.45) is 5.92 Å². The standard InChI is InChI=1S/C10H12ClNO4S/c11-9-2-1-8(16-9)10(13)12-5-7-3-4-17(14,15)6-7/h1-2,7H,3-6H2,(H,12,13). The molecule has 1 aromatic rings. The number of hydrogen-bond acceptors (Lipinski definition) is 4. The Morgan fingerprint density at radius 1 is 1.53 bits per heavy atom. The summed E-state index contributed by atoms with van der Waals surface area (Å²) in [5.41, 5.74) is 0. The topological polar surface area (TPSA) is 76.4 Å². The molecular weight excluding hydrogens is 266 g/mol. The normalized spacial score (nSPS) is 22.5. The molecule has 2 heterocycles. The van der Waals surface area contributed by atoms with Crippen LogP contribution < -0.4 is 5.32 Å². The van der Waals surface area contributed by atoms with Crippen LogP contribution in [0.15, 0.2) is 16.5 Å². The summed E-state index contributed by atoms with van der Waals surface area (Å²) in [7, 11) is -2.90. The van der Waals surface area contributed by atoms with Gasteiger partial charge in [-0.2, -0.15) is 0 Å². The molecule has 0 aromatic carbocycles. The van der Waals surface area contributed by atoms with Gasteiger partial charge in [0, 0.05) is 6.54 Å². The second kappa shape index (κ2) is 4.70. The molecule has 1 N–H and O–H groups in total. The molecule has 1 atom stereocenters. The van der Waals surface area contributed by atoms with Crippen LogP contribution in [0.2, 0.25) is 5.22 Å². The van der Waals surface area contributed by atoms with Crippen LogP contribution in [0.5, 0.6) is 0 Å². The van der Waals surface area contributed by atoms with Crippen molar-refractivity contribution in [2.45, 2.75) is 6.42 Å². The summed E-state index contributed by atoms with van der Waals surface area (Å²) in [5, 5.41) is 2.79. The van der Waals surface area contributed by atoms with Gasteiger partial charge in [-0.1, -0.05) is 0 Å². The van der Waals surface area contributed by atoms with Gasteiger partial charge in [0.05, 0.1) is 11.5 Å². The summed E-state index contributed by atoms with van der Waals surface area (Å²) in [6.07, 6.45) is 0.599. The van der Waals surface area contributed by atoms with E-state index >= 15 is 0 Å². The molecule has 1 unspecified atom stereocenters. The zero-order valence-electron chi connectivity index (χ0n) is 8.98. The Bertz CT molecular complexity index is 522. The molecule has 0 aliphatic carbocycles. The van der Waals surface area contributed by atoms with Gasteiger partial charge < -0.3 is 9.73 Å². The number of nitrogens with one attached hydrogen (secondary N) is 1. The lowest BCUT2D eigenvalue weighted by Gasteiger charge is -2.07. The molecule has 0 bridgehead atoms. The molecule has 0 radical (unpaired) electrons. The van der Waals surface area contributed by atoms with Crippen LogP contribution in [0, 0.1) is 5.92 Å². The summed E-state index contributed by atoms with van der Waals surface area (Å²) in [6.45, 7) is 0.344. The van der Waals surface area contributed by atoms with Crippen LogP contribution in [0.1, 0.15) is 17.0 Å². The average molecular weight is 278 g/mol. The fraction of sp³-hybridized carbons (Fsp3) is 0.500. The first-order valence-corrected chi connectivity index (χ1v) is 7.40. The van der Waals surface area contributed by atoms with Crippen LogP contribution in [0.3, 0.4) is 0 Å². The summed E-state index contributed by atoms with van der Waals surface area (Å²) in [4.78, 5) is 11.6. The predicted molar refractivity (Wildman–Crippen MR) is 62.8 cm³/mol. The predicted octanol–water partition coefficient (Wildman–Crippen LogP) is 1.10. The Morgan fingerprint density at radius 2 is 2.29 bits per heavy atom. The molecular formula is C10H12ClNO4S. The summed E-state index contributed by atoms with van der Waals surface area (Å²) >= 11 is 5.54. The fourth-order valence-electron chi connectivity index (χ4n) is 1.79. The molecule has 1 aliphatic rings. The molecule has 5 nitrogen and oxygen atoms in total. The smallest absolute Gasteiger partial charge is 0.287 e. The second-order valence-corrected chi connectivity index (χ2v) is 6.68. The summed E-state index contributed by atoms with van der Waals surface area (Å²) < 4.78 is 27.4.